The summed E-state index contributed by atoms with van der Waals surface area (Å²) in [5.74, 6) is -0.795. The van der Waals surface area contributed by atoms with Crippen LogP contribution in [0.3, 0.4) is 0 Å². The molecule has 0 fully saturated rings. The molecule has 9 heteroatoms. The molecule has 4 rings (SSSR count). The van der Waals surface area contributed by atoms with Crippen LogP contribution in [0, 0.1) is 0 Å². The van der Waals surface area contributed by atoms with Crippen molar-refractivity contribution in [3.63, 3.8) is 0 Å². The molecular formula is C22H21ClN5O3-. The number of aromatic nitrogens is 3. The van der Waals surface area contributed by atoms with Crippen molar-refractivity contribution in [2.75, 3.05) is 10.6 Å². The average Bonchev–Trinajstić information content (AvgIpc) is 3.16. The third-order valence-electron chi connectivity index (χ3n) is 5.18. The summed E-state index contributed by atoms with van der Waals surface area (Å²) >= 11 is 6.06. The number of carboxylic acid groups (broad SMARTS) is 1. The molecule has 0 unspecified atom stereocenters. The molecule has 0 spiro atoms. The first-order valence-electron chi connectivity index (χ1n) is 10.0. The minimum Gasteiger partial charge on any atom is -0.550 e. The molecule has 0 bridgehead atoms. The highest BCUT2D eigenvalue weighted by molar-refractivity contribution is 6.30. The lowest BCUT2D eigenvalue weighted by Gasteiger charge is -2.31. The molecule has 1 aromatic heterocycles. The Bertz CT molecular complexity index is 1070. The Morgan fingerprint density at radius 1 is 1.10 bits per heavy atom. The van der Waals surface area contributed by atoms with E-state index in [1.54, 1.807) is 4.68 Å². The van der Waals surface area contributed by atoms with Gasteiger partial charge in [-0.3, -0.25) is 10.1 Å². The second kappa shape index (κ2) is 9.18. The molecule has 2 heterocycles. The number of amides is 1. The van der Waals surface area contributed by atoms with Crippen molar-refractivity contribution < 1.29 is 14.7 Å². The average molecular weight is 439 g/mol. The molecule has 160 valence electrons. The van der Waals surface area contributed by atoms with Gasteiger partial charge in [0.1, 0.15) is 0 Å². The van der Waals surface area contributed by atoms with Gasteiger partial charge < -0.3 is 15.2 Å². The van der Waals surface area contributed by atoms with E-state index in [0.717, 1.165) is 17.5 Å². The van der Waals surface area contributed by atoms with Crippen LogP contribution in [-0.4, -0.2) is 26.6 Å². The van der Waals surface area contributed by atoms with Crippen LogP contribution in [0.4, 0.5) is 11.9 Å². The van der Waals surface area contributed by atoms with Crippen molar-refractivity contribution in [1.29, 1.82) is 0 Å². The van der Waals surface area contributed by atoms with Crippen molar-refractivity contribution in [1.82, 2.24) is 14.8 Å². The van der Waals surface area contributed by atoms with Gasteiger partial charge in [-0.1, -0.05) is 54.1 Å². The summed E-state index contributed by atoms with van der Waals surface area (Å²) < 4.78 is 1.76. The van der Waals surface area contributed by atoms with E-state index in [9.17, 15) is 14.7 Å². The molecule has 0 radical (unpaired) electrons. The Morgan fingerprint density at radius 2 is 1.84 bits per heavy atom. The van der Waals surface area contributed by atoms with Gasteiger partial charge in [0, 0.05) is 17.4 Å². The van der Waals surface area contributed by atoms with E-state index in [0.29, 0.717) is 11.0 Å². The van der Waals surface area contributed by atoms with Gasteiger partial charge in [-0.25, -0.2) is 4.68 Å². The first-order valence-corrected chi connectivity index (χ1v) is 10.4. The number of anilines is 2. The maximum atomic E-state index is 12.1. The SMILES string of the molecule is O=C([O-])CCCC(=O)Nc1nc2n(n1)[C@H](c1ccc(Cl)cc1)C[C@H](c1ccccc1)N2. The van der Waals surface area contributed by atoms with Crippen molar-refractivity contribution in [2.45, 2.75) is 37.8 Å². The van der Waals surface area contributed by atoms with Crippen molar-refractivity contribution in [2.24, 2.45) is 0 Å². The second-order valence-corrected chi connectivity index (χ2v) is 7.82. The quantitative estimate of drug-likeness (QED) is 0.586. The zero-order chi connectivity index (χ0) is 21.8. The van der Waals surface area contributed by atoms with E-state index in [-0.39, 0.29) is 43.2 Å². The normalized spacial score (nSPS) is 17.5. The zero-order valence-electron chi connectivity index (χ0n) is 16.6. The molecular weight excluding hydrogens is 418 g/mol. The van der Waals surface area contributed by atoms with Crippen LogP contribution < -0.4 is 15.7 Å². The van der Waals surface area contributed by atoms with E-state index < -0.39 is 5.97 Å². The molecule has 2 aromatic carbocycles. The Balaban J connectivity index is 1.59. The number of halogens is 1. The van der Waals surface area contributed by atoms with Gasteiger partial charge in [0.05, 0.1) is 12.1 Å². The summed E-state index contributed by atoms with van der Waals surface area (Å²) in [5, 5.41) is 21.7. The van der Waals surface area contributed by atoms with Gasteiger partial charge in [0.15, 0.2) is 0 Å². The predicted molar refractivity (Wildman–Crippen MR) is 115 cm³/mol. The minimum atomic E-state index is -1.18. The van der Waals surface area contributed by atoms with Gasteiger partial charge in [-0.2, -0.15) is 4.98 Å². The number of fused-ring (bicyclic) bond motifs is 1. The number of carbonyl (C=O) groups is 2. The fourth-order valence-corrected chi connectivity index (χ4v) is 3.80. The molecule has 2 atom stereocenters. The highest BCUT2D eigenvalue weighted by Gasteiger charge is 2.31. The number of rotatable bonds is 7. The lowest BCUT2D eigenvalue weighted by molar-refractivity contribution is -0.305. The summed E-state index contributed by atoms with van der Waals surface area (Å²) in [6.45, 7) is 0. The zero-order valence-corrected chi connectivity index (χ0v) is 17.4. The third-order valence-corrected chi connectivity index (χ3v) is 5.43. The molecule has 0 saturated heterocycles. The predicted octanol–water partition coefficient (Wildman–Crippen LogP) is 2.94. The molecule has 8 nitrogen and oxygen atoms in total. The molecule has 1 aliphatic rings. The Kier molecular flexibility index (Phi) is 6.18. The van der Waals surface area contributed by atoms with Crippen molar-refractivity contribution >= 4 is 35.4 Å². The van der Waals surface area contributed by atoms with E-state index in [2.05, 4.69) is 32.8 Å². The summed E-state index contributed by atoms with van der Waals surface area (Å²) in [5.41, 5.74) is 2.16. The maximum Gasteiger partial charge on any atom is 0.250 e. The maximum absolute atomic E-state index is 12.1. The number of benzene rings is 2. The number of carboxylic acids is 1. The smallest absolute Gasteiger partial charge is 0.250 e. The number of nitrogens with zero attached hydrogens (tertiary/aromatic N) is 3. The Labute approximate surface area is 184 Å². The van der Waals surface area contributed by atoms with Crippen molar-refractivity contribution in [3.8, 4) is 0 Å². The molecule has 3 aromatic rings. The van der Waals surface area contributed by atoms with Crippen LogP contribution in [0.5, 0.6) is 0 Å². The highest BCUT2D eigenvalue weighted by Crippen LogP contribution is 2.38. The molecule has 2 N–H and O–H groups in total. The number of hydrogen-bond acceptors (Lipinski definition) is 6. The van der Waals surface area contributed by atoms with E-state index in [4.69, 9.17) is 11.6 Å². The van der Waals surface area contributed by atoms with Gasteiger partial charge in [0.25, 0.3) is 5.95 Å². The van der Waals surface area contributed by atoms with E-state index in [1.165, 1.54) is 0 Å². The number of aliphatic carboxylic acids is 1. The molecule has 1 aliphatic heterocycles. The number of nitrogens with one attached hydrogen (secondary N) is 2. The molecule has 0 saturated carbocycles. The highest BCUT2D eigenvalue weighted by atomic mass is 35.5. The van der Waals surface area contributed by atoms with Crippen LogP contribution in [0.2, 0.25) is 5.02 Å². The summed E-state index contributed by atoms with van der Waals surface area (Å²) in [6.07, 6.45) is 0.822. The summed E-state index contributed by atoms with van der Waals surface area (Å²) in [4.78, 5) is 27.1. The second-order valence-electron chi connectivity index (χ2n) is 7.39. The van der Waals surface area contributed by atoms with Crippen LogP contribution in [0.1, 0.15) is 48.9 Å². The number of carbonyl (C=O) groups excluding carboxylic acids is 2. The minimum absolute atomic E-state index is 0.0187. The van der Waals surface area contributed by atoms with Crippen LogP contribution in [0.15, 0.2) is 54.6 Å². The van der Waals surface area contributed by atoms with Crippen LogP contribution in [-0.2, 0) is 9.59 Å². The van der Waals surface area contributed by atoms with Crippen LogP contribution >= 0.6 is 11.6 Å². The lowest BCUT2D eigenvalue weighted by atomic mass is 9.93. The van der Waals surface area contributed by atoms with E-state index >= 15 is 0 Å². The topological polar surface area (TPSA) is 112 Å². The monoisotopic (exact) mass is 438 g/mol. The van der Waals surface area contributed by atoms with Gasteiger partial charge in [-0.05, 0) is 42.5 Å². The van der Waals surface area contributed by atoms with Gasteiger partial charge >= 0.3 is 0 Å². The molecule has 0 aliphatic carbocycles. The Hall–Kier alpha value is -3.39. The number of hydrogen-bond donors (Lipinski definition) is 2. The summed E-state index contributed by atoms with van der Waals surface area (Å²) in [7, 11) is 0. The van der Waals surface area contributed by atoms with Gasteiger partial charge in [-0.15, -0.1) is 5.10 Å². The standard InChI is InChI=1S/C22H22ClN5O3/c23-16-11-9-15(10-12-16)18-13-17(14-5-2-1-3-6-14)24-22-26-21(27-28(18)22)25-19(29)7-4-8-20(30)31/h1-3,5-6,9-12,17-18H,4,7-8,13H2,(H,30,31)(H2,24,25,26,27,29)/p-1/t17-,18+/m1/s1. The fraction of sp³-hybridized carbons (Fsp3) is 0.273. The van der Waals surface area contributed by atoms with Gasteiger partial charge in [0.2, 0.25) is 11.9 Å². The largest absolute Gasteiger partial charge is 0.550 e. The Morgan fingerprint density at radius 3 is 2.55 bits per heavy atom. The molecule has 1 amide bonds. The first kappa shape index (κ1) is 20.9. The third kappa shape index (κ3) is 5.03. The van der Waals surface area contributed by atoms with E-state index in [1.807, 2.05) is 42.5 Å². The summed E-state index contributed by atoms with van der Waals surface area (Å²) in [6, 6.07) is 17.6. The van der Waals surface area contributed by atoms with Crippen LogP contribution in [0.25, 0.3) is 0 Å². The van der Waals surface area contributed by atoms with Crippen molar-refractivity contribution in [3.05, 3.63) is 70.7 Å². The first-order chi connectivity index (χ1) is 15.0. The fourth-order valence-electron chi connectivity index (χ4n) is 3.68. The lowest BCUT2D eigenvalue weighted by Crippen LogP contribution is -2.28. The molecule has 31 heavy (non-hydrogen) atoms.